The summed E-state index contributed by atoms with van der Waals surface area (Å²) >= 11 is 0. The Balaban J connectivity index is 1.77. The highest BCUT2D eigenvalue weighted by molar-refractivity contribution is 5.93. The van der Waals surface area contributed by atoms with E-state index in [9.17, 15) is 9.18 Å². The van der Waals surface area contributed by atoms with E-state index in [1.54, 1.807) is 29.8 Å². The van der Waals surface area contributed by atoms with Gasteiger partial charge >= 0.3 is 0 Å². The summed E-state index contributed by atoms with van der Waals surface area (Å²) in [5, 5.41) is 10.9. The number of nitrogens with one attached hydrogen (secondary N) is 1. The van der Waals surface area contributed by atoms with Crippen molar-refractivity contribution in [1.82, 2.24) is 20.3 Å². The number of amides is 1. The predicted octanol–water partition coefficient (Wildman–Crippen LogP) is 2.91. The summed E-state index contributed by atoms with van der Waals surface area (Å²) in [6.07, 6.45) is 0. The lowest BCUT2D eigenvalue weighted by Crippen LogP contribution is -2.25. The predicted molar refractivity (Wildman–Crippen MR) is 89.6 cm³/mol. The number of nitrogens with zero attached hydrogens (tertiary/aromatic N) is 3. The van der Waals surface area contributed by atoms with Crippen LogP contribution in [0.15, 0.2) is 34.9 Å². The maximum absolute atomic E-state index is 13.7. The topological polar surface area (TPSA) is 73.0 Å². The zero-order chi connectivity index (χ0) is 18.0. The van der Waals surface area contributed by atoms with Gasteiger partial charge in [-0.3, -0.25) is 9.48 Å². The number of hydrogen-bond acceptors (Lipinski definition) is 4. The molecule has 0 fully saturated rings. The molecule has 0 bridgehead atoms. The number of benzene rings is 1. The number of hydrogen-bond donors (Lipinski definition) is 1. The molecule has 25 heavy (non-hydrogen) atoms. The van der Waals surface area contributed by atoms with E-state index >= 15 is 0 Å². The second-order valence-corrected chi connectivity index (χ2v) is 5.92. The van der Waals surface area contributed by atoms with E-state index in [0.717, 1.165) is 11.4 Å². The van der Waals surface area contributed by atoms with E-state index in [1.165, 1.54) is 6.07 Å². The maximum atomic E-state index is 13.7. The SMILES string of the molecule is Cc1cc(C)n(Cc2c(C(=O)NCc3ccccc3F)noc2C)n1. The lowest BCUT2D eigenvalue weighted by molar-refractivity contribution is 0.0940. The van der Waals surface area contributed by atoms with Gasteiger partial charge in [0.15, 0.2) is 5.69 Å². The van der Waals surface area contributed by atoms with Crippen LogP contribution in [0.1, 0.15) is 38.8 Å². The highest BCUT2D eigenvalue weighted by Gasteiger charge is 2.21. The molecule has 1 aromatic carbocycles. The summed E-state index contributed by atoms with van der Waals surface area (Å²) in [6.45, 7) is 6.07. The Morgan fingerprint density at radius 1 is 1.28 bits per heavy atom. The van der Waals surface area contributed by atoms with Crippen LogP contribution in [0.5, 0.6) is 0 Å². The van der Waals surface area contributed by atoms with Gasteiger partial charge in [-0.25, -0.2) is 4.39 Å². The third-order valence-electron chi connectivity index (χ3n) is 4.01. The summed E-state index contributed by atoms with van der Waals surface area (Å²) in [7, 11) is 0. The molecule has 1 N–H and O–H groups in total. The van der Waals surface area contributed by atoms with E-state index in [0.29, 0.717) is 23.4 Å². The first-order chi connectivity index (χ1) is 12.0. The lowest BCUT2D eigenvalue weighted by atomic mass is 10.1. The fourth-order valence-electron chi connectivity index (χ4n) is 2.64. The van der Waals surface area contributed by atoms with Gasteiger partial charge in [0.2, 0.25) is 0 Å². The van der Waals surface area contributed by atoms with Gasteiger partial charge in [0, 0.05) is 23.4 Å². The number of aryl methyl sites for hydroxylation is 3. The van der Waals surface area contributed by atoms with Crippen molar-refractivity contribution in [3.8, 4) is 0 Å². The summed E-state index contributed by atoms with van der Waals surface area (Å²) in [5.74, 6) is -0.206. The van der Waals surface area contributed by atoms with Crippen LogP contribution in [-0.2, 0) is 13.1 Å². The minimum Gasteiger partial charge on any atom is -0.361 e. The van der Waals surface area contributed by atoms with Gasteiger partial charge < -0.3 is 9.84 Å². The van der Waals surface area contributed by atoms with Gasteiger partial charge in [-0.1, -0.05) is 23.4 Å². The first-order valence-electron chi connectivity index (χ1n) is 7.93. The minimum atomic E-state index is -0.406. The molecule has 2 heterocycles. The van der Waals surface area contributed by atoms with Gasteiger partial charge in [0.1, 0.15) is 11.6 Å². The van der Waals surface area contributed by atoms with Crippen molar-refractivity contribution in [2.24, 2.45) is 0 Å². The molecule has 130 valence electrons. The molecule has 7 heteroatoms. The lowest BCUT2D eigenvalue weighted by Gasteiger charge is -2.07. The van der Waals surface area contributed by atoms with E-state index in [-0.39, 0.29) is 18.1 Å². The first kappa shape index (κ1) is 16.9. The molecule has 0 saturated heterocycles. The molecular weight excluding hydrogens is 323 g/mol. The van der Waals surface area contributed by atoms with Crippen LogP contribution in [0.3, 0.4) is 0 Å². The number of carbonyl (C=O) groups is 1. The van der Waals surface area contributed by atoms with Crippen LogP contribution >= 0.6 is 0 Å². The smallest absolute Gasteiger partial charge is 0.274 e. The zero-order valence-corrected chi connectivity index (χ0v) is 14.3. The van der Waals surface area contributed by atoms with Crippen molar-refractivity contribution in [2.75, 3.05) is 0 Å². The van der Waals surface area contributed by atoms with Crippen molar-refractivity contribution < 1.29 is 13.7 Å². The van der Waals surface area contributed by atoms with Crippen molar-refractivity contribution >= 4 is 5.91 Å². The van der Waals surface area contributed by atoms with Crippen LogP contribution in [0.2, 0.25) is 0 Å². The second kappa shape index (κ2) is 6.88. The van der Waals surface area contributed by atoms with Gasteiger partial charge in [-0.05, 0) is 32.9 Å². The summed E-state index contributed by atoms with van der Waals surface area (Å²) in [6, 6.07) is 8.27. The second-order valence-electron chi connectivity index (χ2n) is 5.92. The molecule has 0 aliphatic heterocycles. The highest BCUT2D eigenvalue weighted by Crippen LogP contribution is 2.17. The summed E-state index contributed by atoms with van der Waals surface area (Å²) in [4.78, 5) is 12.5. The van der Waals surface area contributed by atoms with Gasteiger partial charge in [-0.2, -0.15) is 5.10 Å². The molecule has 3 rings (SSSR count). The summed E-state index contributed by atoms with van der Waals surface area (Å²) in [5.41, 5.74) is 3.16. The molecule has 0 unspecified atom stereocenters. The first-order valence-corrected chi connectivity index (χ1v) is 7.93. The fraction of sp³-hybridized carbons (Fsp3) is 0.278. The van der Waals surface area contributed by atoms with Crippen molar-refractivity contribution in [3.63, 3.8) is 0 Å². The Kier molecular flexibility index (Phi) is 4.65. The van der Waals surface area contributed by atoms with Crippen LogP contribution in [0.4, 0.5) is 4.39 Å². The normalized spacial score (nSPS) is 10.9. The number of carbonyl (C=O) groups excluding carboxylic acids is 1. The van der Waals surface area contributed by atoms with Crippen molar-refractivity contribution in [1.29, 1.82) is 0 Å². The molecule has 0 spiro atoms. The van der Waals surface area contributed by atoms with Crippen molar-refractivity contribution in [2.45, 2.75) is 33.9 Å². The van der Waals surface area contributed by atoms with Crippen LogP contribution < -0.4 is 5.32 Å². The quantitative estimate of drug-likeness (QED) is 0.774. The molecular formula is C18H19FN4O2. The standard InChI is InChI=1S/C18H19FN4O2/c1-11-8-12(2)23(21-11)10-15-13(3)25-22-17(15)18(24)20-9-14-6-4-5-7-16(14)19/h4-8H,9-10H2,1-3H3,(H,20,24). The summed E-state index contributed by atoms with van der Waals surface area (Å²) < 4.78 is 20.6. The Morgan fingerprint density at radius 2 is 2.04 bits per heavy atom. The molecule has 0 saturated carbocycles. The van der Waals surface area contributed by atoms with Gasteiger partial charge in [0.05, 0.1) is 12.2 Å². The number of halogens is 1. The van der Waals surface area contributed by atoms with Gasteiger partial charge in [-0.15, -0.1) is 0 Å². The number of aromatic nitrogens is 3. The van der Waals surface area contributed by atoms with E-state index < -0.39 is 5.91 Å². The third-order valence-corrected chi connectivity index (χ3v) is 4.01. The molecule has 6 nitrogen and oxygen atoms in total. The largest absolute Gasteiger partial charge is 0.361 e. The Labute approximate surface area is 144 Å². The molecule has 0 atom stereocenters. The molecule has 2 aromatic heterocycles. The Bertz CT molecular complexity index is 914. The fourth-order valence-corrected chi connectivity index (χ4v) is 2.64. The van der Waals surface area contributed by atoms with Crippen LogP contribution in [-0.4, -0.2) is 20.8 Å². The van der Waals surface area contributed by atoms with E-state index in [1.807, 2.05) is 19.9 Å². The highest BCUT2D eigenvalue weighted by atomic mass is 19.1. The molecule has 0 aliphatic rings. The molecule has 3 aromatic rings. The Hall–Kier alpha value is -2.96. The zero-order valence-electron chi connectivity index (χ0n) is 14.3. The van der Waals surface area contributed by atoms with E-state index in [4.69, 9.17) is 4.52 Å². The van der Waals surface area contributed by atoms with Crippen molar-refractivity contribution in [3.05, 3.63) is 70.1 Å². The Morgan fingerprint density at radius 3 is 2.72 bits per heavy atom. The van der Waals surface area contributed by atoms with Crippen LogP contribution in [0.25, 0.3) is 0 Å². The number of rotatable bonds is 5. The maximum Gasteiger partial charge on any atom is 0.274 e. The molecule has 0 radical (unpaired) electrons. The monoisotopic (exact) mass is 342 g/mol. The minimum absolute atomic E-state index is 0.0801. The van der Waals surface area contributed by atoms with Gasteiger partial charge in [0.25, 0.3) is 5.91 Å². The molecule has 0 aliphatic carbocycles. The average Bonchev–Trinajstić information content (AvgIpc) is 3.09. The average molecular weight is 342 g/mol. The molecule has 1 amide bonds. The third kappa shape index (κ3) is 3.60. The van der Waals surface area contributed by atoms with Crippen LogP contribution in [0, 0.1) is 26.6 Å². The van der Waals surface area contributed by atoms with E-state index in [2.05, 4.69) is 15.6 Å².